The van der Waals surface area contributed by atoms with Crippen LogP contribution in [0.25, 0.3) is 11.5 Å². The molecule has 0 saturated heterocycles. The van der Waals surface area contributed by atoms with Gasteiger partial charge in [0.1, 0.15) is 11.5 Å². The molecule has 4 nitrogen and oxygen atoms in total. The average molecular weight is 219 g/mol. The number of nitrogens with two attached hydrogens (primary N) is 1. The van der Waals surface area contributed by atoms with Crippen LogP contribution in [-0.4, -0.2) is 16.5 Å². The number of hydrogen-bond acceptors (Lipinski definition) is 3. The Labute approximate surface area is 94.9 Å². The Balaban J connectivity index is 2.25. The zero-order valence-corrected chi connectivity index (χ0v) is 9.60. The van der Waals surface area contributed by atoms with E-state index in [1.807, 2.05) is 12.1 Å². The molecule has 0 saturated carbocycles. The number of nitrogens with one attached hydrogen (secondary N) is 1. The van der Waals surface area contributed by atoms with Crippen LogP contribution in [0.15, 0.2) is 29.0 Å². The maximum absolute atomic E-state index is 5.75. The Kier molecular flexibility index (Phi) is 3.10. The number of nitrogens with zero attached hydrogens (tertiary/aromatic N) is 1. The molecule has 16 heavy (non-hydrogen) atoms. The summed E-state index contributed by atoms with van der Waals surface area (Å²) in [5.74, 6) is 2.48. The van der Waals surface area contributed by atoms with E-state index in [2.05, 4.69) is 23.8 Å². The van der Waals surface area contributed by atoms with Crippen LogP contribution in [0.1, 0.15) is 25.6 Å². The van der Waals surface area contributed by atoms with Crippen molar-refractivity contribution in [2.24, 2.45) is 11.7 Å². The van der Waals surface area contributed by atoms with Gasteiger partial charge in [-0.25, -0.2) is 4.98 Å². The van der Waals surface area contributed by atoms with E-state index in [4.69, 9.17) is 10.2 Å². The Bertz CT molecular complexity index is 431. The molecule has 0 aliphatic carbocycles. The lowest BCUT2D eigenvalue weighted by Crippen LogP contribution is -2.19. The van der Waals surface area contributed by atoms with Gasteiger partial charge in [-0.05, 0) is 18.1 Å². The summed E-state index contributed by atoms with van der Waals surface area (Å²) in [6.45, 7) is 4.89. The van der Waals surface area contributed by atoms with Crippen molar-refractivity contribution in [3.63, 3.8) is 0 Å². The van der Waals surface area contributed by atoms with Gasteiger partial charge < -0.3 is 15.1 Å². The Morgan fingerprint density at radius 3 is 2.88 bits per heavy atom. The molecule has 0 aliphatic rings. The maximum atomic E-state index is 5.75. The van der Waals surface area contributed by atoms with Crippen LogP contribution in [0, 0.1) is 5.92 Å². The van der Waals surface area contributed by atoms with Crippen molar-refractivity contribution in [1.82, 2.24) is 9.97 Å². The summed E-state index contributed by atoms with van der Waals surface area (Å²) in [5, 5.41) is 0. The molecule has 2 aromatic rings. The number of furan rings is 1. The summed E-state index contributed by atoms with van der Waals surface area (Å²) in [6, 6.07) is 3.77. The Morgan fingerprint density at radius 2 is 2.31 bits per heavy atom. The number of hydrogen-bond donors (Lipinski definition) is 2. The predicted octanol–water partition coefficient (Wildman–Crippen LogP) is 2.37. The van der Waals surface area contributed by atoms with E-state index in [0.717, 1.165) is 17.3 Å². The molecule has 4 heteroatoms. The lowest BCUT2D eigenvalue weighted by atomic mass is 9.95. The molecule has 0 amide bonds. The van der Waals surface area contributed by atoms with Gasteiger partial charge in [0.05, 0.1) is 12.5 Å². The highest BCUT2D eigenvalue weighted by molar-refractivity contribution is 5.50. The molecule has 1 atom stereocenters. The van der Waals surface area contributed by atoms with Crippen molar-refractivity contribution < 1.29 is 4.42 Å². The number of H-pyrrole nitrogens is 1. The first-order valence-electron chi connectivity index (χ1n) is 5.51. The predicted molar refractivity (Wildman–Crippen MR) is 62.9 cm³/mol. The van der Waals surface area contributed by atoms with Crippen LogP contribution in [0.4, 0.5) is 0 Å². The molecule has 3 N–H and O–H groups in total. The monoisotopic (exact) mass is 219 g/mol. The second-order valence-electron chi connectivity index (χ2n) is 4.25. The molecule has 0 fully saturated rings. The standard InChI is InChI=1S/C12H17N3O/c1-8(2)9(6-13)12-14-7-10(15-12)11-4-3-5-16-11/h3-5,7-9H,6,13H2,1-2H3,(H,14,15). The summed E-state index contributed by atoms with van der Waals surface area (Å²) < 4.78 is 5.30. The molecule has 86 valence electrons. The third-order valence-corrected chi connectivity index (χ3v) is 2.79. The second-order valence-corrected chi connectivity index (χ2v) is 4.25. The van der Waals surface area contributed by atoms with Crippen molar-refractivity contribution in [3.05, 3.63) is 30.4 Å². The molecule has 2 rings (SSSR count). The van der Waals surface area contributed by atoms with Gasteiger partial charge >= 0.3 is 0 Å². The number of rotatable bonds is 4. The van der Waals surface area contributed by atoms with E-state index in [1.54, 1.807) is 12.5 Å². The normalized spacial score (nSPS) is 13.2. The highest BCUT2D eigenvalue weighted by atomic mass is 16.3. The van der Waals surface area contributed by atoms with Crippen molar-refractivity contribution >= 4 is 0 Å². The molecular formula is C12H17N3O. The van der Waals surface area contributed by atoms with E-state index in [1.165, 1.54) is 0 Å². The quantitative estimate of drug-likeness (QED) is 0.829. The second kappa shape index (κ2) is 4.53. The van der Waals surface area contributed by atoms with Crippen LogP contribution in [0.3, 0.4) is 0 Å². The van der Waals surface area contributed by atoms with Gasteiger partial charge in [-0.15, -0.1) is 0 Å². The molecule has 2 heterocycles. The van der Waals surface area contributed by atoms with Crippen molar-refractivity contribution in [3.8, 4) is 11.5 Å². The van der Waals surface area contributed by atoms with Crippen LogP contribution in [-0.2, 0) is 0 Å². The van der Waals surface area contributed by atoms with E-state index in [-0.39, 0.29) is 5.92 Å². The summed E-state index contributed by atoms with van der Waals surface area (Å²) in [7, 11) is 0. The van der Waals surface area contributed by atoms with Crippen molar-refractivity contribution in [1.29, 1.82) is 0 Å². The summed E-state index contributed by atoms with van der Waals surface area (Å²) in [4.78, 5) is 7.63. The fourth-order valence-corrected chi connectivity index (χ4v) is 1.78. The minimum Gasteiger partial charge on any atom is -0.463 e. The molecule has 0 aromatic carbocycles. The Hall–Kier alpha value is -1.55. The highest BCUT2D eigenvalue weighted by Gasteiger charge is 2.18. The van der Waals surface area contributed by atoms with Crippen LogP contribution < -0.4 is 5.73 Å². The number of aromatic amines is 1. The molecule has 2 aromatic heterocycles. The molecule has 0 aliphatic heterocycles. The fraction of sp³-hybridized carbons (Fsp3) is 0.417. The van der Waals surface area contributed by atoms with E-state index in [0.29, 0.717) is 12.5 Å². The van der Waals surface area contributed by atoms with Crippen molar-refractivity contribution in [2.75, 3.05) is 6.54 Å². The zero-order valence-electron chi connectivity index (χ0n) is 9.60. The van der Waals surface area contributed by atoms with Gasteiger partial charge in [0, 0.05) is 12.5 Å². The third kappa shape index (κ3) is 2.02. The van der Waals surface area contributed by atoms with Gasteiger partial charge in [-0.2, -0.15) is 0 Å². The lowest BCUT2D eigenvalue weighted by Gasteiger charge is -2.15. The van der Waals surface area contributed by atoms with Gasteiger partial charge in [-0.1, -0.05) is 13.8 Å². The molecule has 0 bridgehead atoms. The van der Waals surface area contributed by atoms with Crippen LogP contribution in [0.5, 0.6) is 0 Å². The topological polar surface area (TPSA) is 67.8 Å². The summed E-state index contributed by atoms with van der Waals surface area (Å²) in [5.41, 5.74) is 6.65. The lowest BCUT2D eigenvalue weighted by molar-refractivity contribution is 0.487. The smallest absolute Gasteiger partial charge is 0.151 e. The molecular weight excluding hydrogens is 202 g/mol. The van der Waals surface area contributed by atoms with Gasteiger partial charge in [0.25, 0.3) is 0 Å². The van der Waals surface area contributed by atoms with Crippen molar-refractivity contribution in [2.45, 2.75) is 19.8 Å². The van der Waals surface area contributed by atoms with Gasteiger partial charge in [-0.3, -0.25) is 0 Å². The molecule has 0 spiro atoms. The summed E-state index contributed by atoms with van der Waals surface area (Å²) in [6.07, 6.45) is 3.44. The minimum atomic E-state index is 0.267. The van der Waals surface area contributed by atoms with Crippen LogP contribution >= 0.6 is 0 Å². The minimum absolute atomic E-state index is 0.267. The number of aromatic nitrogens is 2. The average Bonchev–Trinajstić information content (AvgIpc) is 2.86. The number of imidazole rings is 1. The zero-order chi connectivity index (χ0) is 11.5. The highest BCUT2D eigenvalue weighted by Crippen LogP contribution is 2.24. The van der Waals surface area contributed by atoms with E-state index in [9.17, 15) is 0 Å². The Morgan fingerprint density at radius 1 is 1.50 bits per heavy atom. The van der Waals surface area contributed by atoms with E-state index >= 15 is 0 Å². The largest absolute Gasteiger partial charge is 0.463 e. The van der Waals surface area contributed by atoms with E-state index < -0.39 is 0 Å². The fourth-order valence-electron chi connectivity index (χ4n) is 1.78. The van der Waals surface area contributed by atoms with Gasteiger partial charge in [0.2, 0.25) is 0 Å². The third-order valence-electron chi connectivity index (χ3n) is 2.79. The van der Waals surface area contributed by atoms with Gasteiger partial charge in [0.15, 0.2) is 5.76 Å². The maximum Gasteiger partial charge on any atom is 0.151 e. The van der Waals surface area contributed by atoms with Crippen LogP contribution in [0.2, 0.25) is 0 Å². The first kappa shape index (κ1) is 11.0. The summed E-state index contributed by atoms with van der Waals surface area (Å²) >= 11 is 0. The first-order valence-corrected chi connectivity index (χ1v) is 5.51. The molecule has 0 radical (unpaired) electrons. The molecule has 1 unspecified atom stereocenters. The SMILES string of the molecule is CC(C)C(CN)c1ncc(-c2ccco2)[nH]1. The first-order chi connectivity index (χ1) is 7.72.